The number of hydrogen-bond donors (Lipinski definition) is 1. The number of amides is 1. The Balaban J connectivity index is 1.60. The Kier molecular flexibility index (Phi) is 3.73. The standard InChI is InChI=1S/C18H16BrNO3/c19-13-3-1-2-11(8-13)9-16(21)20-17-14-5-7-22-15(14)10-12-4-6-23-18(12)17/h1-3,8,10H,4-7,9H2,(H,20,21). The minimum Gasteiger partial charge on any atom is -0.493 e. The van der Waals surface area contributed by atoms with Crippen molar-refractivity contribution < 1.29 is 14.3 Å². The molecule has 5 heteroatoms. The van der Waals surface area contributed by atoms with Crippen molar-refractivity contribution in [2.24, 2.45) is 0 Å². The molecule has 4 nitrogen and oxygen atoms in total. The van der Waals surface area contributed by atoms with Gasteiger partial charge < -0.3 is 14.8 Å². The van der Waals surface area contributed by atoms with E-state index in [-0.39, 0.29) is 5.91 Å². The smallest absolute Gasteiger partial charge is 0.228 e. The van der Waals surface area contributed by atoms with Gasteiger partial charge in [0.25, 0.3) is 0 Å². The highest BCUT2D eigenvalue weighted by molar-refractivity contribution is 9.10. The quantitative estimate of drug-likeness (QED) is 0.895. The topological polar surface area (TPSA) is 47.6 Å². The van der Waals surface area contributed by atoms with Crippen LogP contribution in [0.15, 0.2) is 34.8 Å². The molecule has 2 aliphatic heterocycles. The van der Waals surface area contributed by atoms with Gasteiger partial charge in [-0.15, -0.1) is 0 Å². The molecular formula is C18H16BrNO3. The molecule has 4 rings (SSSR count). The normalized spacial score (nSPS) is 14.7. The van der Waals surface area contributed by atoms with Crippen LogP contribution in [-0.4, -0.2) is 19.1 Å². The van der Waals surface area contributed by atoms with E-state index in [2.05, 4.69) is 27.3 Å². The molecule has 0 saturated heterocycles. The van der Waals surface area contributed by atoms with E-state index in [0.717, 1.165) is 51.2 Å². The van der Waals surface area contributed by atoms with Gasteiger partial charge in [-0.1, -0.05) is 28.1 Å². The van der Waals surface area contributed by atoms with Crippen LogP contribution in [0.2, 0.25) is 0 Å². The predicted octanol–water partition coefficient (Wildman–Crippen LogP) is 3.50. The van der Waals surface area contributed by atoms with Gasteiger partial charge >= 0.3 is 0 Å². The second-order valence-corrected chi connectivity index (χ2v) is 6.68. The third-order valence-electron chi connectivity index (χ3n) is 4.17. The van der Waals surface area contributed by atoms with Crippen LogP contribution in [-0.2, 0) is 24.1 Å². The number of anilines is 1. The Labute approximate surface area is 142 Å². The van der Waals surface area contributed by atoms with E-state index in [1.807, 2.05) is 24.3 Å². The summed E-state index contributed by atoms with van der Waals surface area (Å²) in [5.74, 6) is 1.66. The first-order valence-corrected chi connectivity index (χ1v) is 8.48. The summed E-state index contributed by atoms with van der Waals surface area (Å²) in [6, 6.07) is 9.84. The van der Waals surface area contributed by atoms with Crippen LogP contribution >= 0.6 is 15.9 Å². The maximum absolute atomic E-state index is 12.5. The van der Waals surface area contributed by atoms with Gasteiger partial charge in [-0.25, -0.2) is 0 Å². The molecule has 0 aromatic heterocycles. The summed E-state index contributed by atoms with van der Waals surface area (Å²) >= 11 is 3.43. The predicted molar refractivity (Wildman–Crippen MR) is 91.3 cm³/mol. The molecular weight excluding hydrogens is 358 g/mol. The molecule has 0 spiro atoms. The van der Waals surface area contributed by atoms with Gasteiger partial charge in [0.05, 0.1) is 25.3 Å². The highest BCUT2D eigenvalue weighted by atomic mass is 79.9. The van der Waals surface area contributed by atoms with E-state index in [4.69, 9.17) is 9.47 Å². The summed E-state index contributed by atoms with van der Waals surface area (Å²) in [4.78, 5) is 12.5. The van der Waals surface area contributed by atoms with Crippen LogP contribution < -0.4 is 14.8 Å². The Morgan fingerprint density at radius 1 is 1.17 bits per heavy atom. The molecule has 118 valence electrons. The maximum Gasteiger partial charge on any atom is 0.228 e. The van der Waals surface area contributed by atoms with E-state index < -0.39 is 0 Å². The number of hydrogen-bond acceptors (Lipinski definition) is 3. The van der Waals surface area contributed by atoms with Crippen molar-refractivity contribution >= 4 is 27.5 Å². The lowest BCUT2D eigenvalue weighted by Crippen LogP contribution is -2.16. The zero-order valence-corrected chi connectivity index (χ0v) is 14.1. The summed E-state index contributed by atoms with van der Waals surface area (Å²) in [7, 11) is 0. The molecule has 2 aliphatic rings. The average molecular weight is 374 g/mol. The highest BCUT2D eigenvalue weighted by Crippen LogP contribution is 2.44. The van der Waals surface area contributed by atoms with E-state index in [0.29, 0.717) is 19.6 Å². The number of rotatable bonds is 3. The number of nitrogens with one attached hydrogen (secondary N) is 1. The number of benzene rings is 2. The van der Waals surface area contributed by atoms with Crippen molar-refractivity contribution in [3.05, 3.63) is 51.5 Å². The van der Waals surface area contributed by atoms with Gasteiger partial charge in [-0.05, 0) is 23.8 Å². The van der Waals surface area contributed by atoms with Crippen LogP contribution in [0.25, 0.3) is 0 Å². The van der Waals surface area contributed by atoms with Gasteiger partial charge in [-0.2, -0.15) is 0 Å². The molecule has 23 heavy (non-hydrogen) atoms. The van der Waals surface area contributed by atoms with E-state index >= 15 is 0 Å². The van der Waals surface area contributed by atoms with Crippen LogP contribution in [0.5, 0.6) is 11.5 Å². The fraction of sp³-hybridized carbons (Fsp3) is 0.278. The average Bonchev–Trinajstić information content (AvgIpc) is 3.15. The molecule has 0 fully saturated rings. The zero-order valence-electron chi connectivity index (χ0n) is 12.5. The van der Waals surface area contributed by atoms with Gasteiger partial charge in [0.2, 0.25) is 5.91 Å². The first kappa shape index (κ1) is 14.6. The van der Waals surface area contributed by atoms with Crippen molar-refractivity contribution in [1.82, 2.24) is 0 Å². The number of fused-ring (bicyclic) bond motifs is 2. The van der Waals surface area contributed by atoms with Gasteiger partial charge in [-0.3, -0.25) is 4.79 Å². The molecule has 2 aromatic carbocycles. The summed E-state index contributed by atoms with van der Waals surface area (Å²) in [5, 5.41) is 3.05. The molecule has 0 unspecified atom stereocenters. The lowest BCUT2D eigenvalue weighted by Gasteiger charge is -2.14. The molecule has 0 saturated carbocycles. The molecule has 0 bridgehead atoms. The van der Waals surface area contributed by atoms with E-state index in [9.17, 15) is 4.79 Å². The van der Waals surface area contributed by atoms with Crippen molar-refractivity contribution in [3.8, 4) is 11.5 Å². The van der Waals surface area contributed by atoms with Gasteiger partial charge in [0.15, 0.2) is 0 Å². The number of halogens is 1. The summed E-state index contributed by atoms with van der Waals surface area (Å²) < 4.78 is 12.4. The van der Waals surface area contributed by atoms with Crippen molar-refractivity contribution in [2.45, 2.75) is 19.3 Å². The fourth-order valence-electron chi connectivity index (χ4n) is 3.13. The fourth-order valence-corrected chi connectivity index (χ4v) is 3.58. The van der Waals surface area contributed by atoms with Crippen molar-refractivity contribution in [1.29, 1.82) is 0 Å². The molecule has 2 aromatic rings. The Bertz CT molecular complexity index is 756. The molecule has 0 atom stereocenters. The highest BCUT2D eigenvalue weighted by Gasteiger charge is 2.27. The first-order valence-electron chi connectivity index (χ1n) is 7.69. The summed E-state index contributed by atoms with van der Waals surface area (Å²) in [6.45, 7) is 1.32. The Morgan fingerprint density at radius 2 is 2.04 bits per heavy atom. The summed E-state index contributed by atoms with van der Waals surface area (Å²) in [5.41, 5.74) is 3.93. The molecule has 1 amide bonds. The third-order valence-corrected chi connectivity index (χ3v) is 4.66. The molecule has 0 aliphatic carbocycles. The van der Waals surface area contributed by atoms with Crippen LogP contribution in [0.1, 0.15) is 16.7 Å². The van der Waals surface area contributed by atoms with E-state index in [1.165, 1.54) is 0 Å². The van der Waals surface area contributed by atoms with Crippen LogP contribution in [0.4, 0.5) is 5.69 Å². The van der Waals surface area contributed by atoms with Gasteiger partial charge in [0.1, 0.15) is 11.5 Å². The number of carbonyl (C=O) groups is 1. The van der Waals surface area contributed by atoms with Crippen molar-refractivity contribution in [2.75, 3.05) is 18.5 Å². The Morgan fingerprint density at radius 3 is 2.91 bits per heavy atom. The molecule has 2 heterocycles. The van der Waals surface area contributed by atoms with E-state index in [1.54, 1.807) is 0 Å². The second kappa shape index (κ2) is 5.89. The zero-order chi connectivity index (χ0) is 15.8. The second-order valence-electron chi connectivity index (χ2n) is 5.77. The lowest BCUT2D eigenvalue weighted by atomic mass is 10.0. The lowest BCUT2D eigenvalue weighted by molar-refractivity contribution is -0.115. The van der Waals surface area contributed by atoms with Crippen molar-refractivity contribution in [3.63, 3.8) is 0 Å². The minimum atomic E-state index is -0.0406. The van der Waals surface area contributed by atoms with Crippen LogP contribution in [0, 0.1) is 0 Å². The number of carbonyl (C=O) groups excluding carboxylic acids is 1. The SMILES string of the molecule is O=C(Cc1cccc(Br)c1)Nc1c2c(cc3c1OCC3)OCC2. The Hall–Kier alpha value is -2.01. The largest absolute Gasteiger partial charge is 0.493 e. The van der Waals surface area contributed by atoms with Crippen LogP contribution in [0.3, 0.4) is 0 Å². The van der Waals surface area contributed by atoms with Gasteiger partial charge in [0, 0.05) is 28.4 Å². The summed E-state index contributed by atoms with van der Waals surface area (Å²) in [6.07, 6.45) is 2.00. The maximum atomic E-state index is 12.5. The monoisotopic (exact) mass is 373 g/mol. The number of ether oxygens (including phenoxy) is 2. The minimum absolute atomic E-state index is 0.0406. The first-order chi connectivity index (χ1) is 11.2. The molecule has 1 N–H and O–H groups in total. The molecule has 0 radical (unpaired) electrons. The third kappa shape index (κ3) is 2.81.